The van der Waals surface area contributed by atoms with Crippen LogP contribution in [0.15, 0.2) is 0 Å². The molecule has 0 aromatic rings. The van der Waals surface area contributed by atoms with Crippen LogP contribution in [0, 0.1) is 0 Å². The Morgan fingerprint density at radius 1 is 1.30 bits per heavy atom. The van der Waals surface area contributed by atoms with Crippen molar-refractivity contribution >= 4 is 12.4 Å². The highest BCUT2D eigenvalue weighted by Crippen LogP contribution is 2.01. The van der Waals surface area contributed by atoms with E-state index in [4.69, 9.17) is 0 Å². The van der Waals surface area contributed by atoms with Crippen molar-refractivity contribution in [3.05, 3.63) is 0 Å². The molecule has 0 amide bonds. The van der Waals surface area contributed by atoms with Crippen LogP contribution in [-0.2, 0) is 0 Å². The number of halogens is 1. The van der Waals surface area contributed by atoms with E-state index in [2.05, 4.69) is 23.8 Å². The number of likely N-dealkylation sites (N-methyl/N-ethyl adjacent to an activating group) is 1. The molecule has 0 atom stereocenters. The van der Waals surface area contributed by atoms with Gasteiger partial charge in [-0.1, -0.05) is 6.92 Å². The summed E-state index contributed by atoms with van der Waals surface area (Å²) in [7, 11) is 2.18. The van der Waals surface area contributed by atoms with E-state index in [-0.39, 0.29) is 12.4 Å². The first kappa shape index (κ1) is 10.2. The highest BCUT2D eigenvalue weighted by atomic mass is 35.5. The van der Waals surface area contributed by atoms with Gasteiger partial charge in [-0.15, -0.1) is 12.4 Å². The molecular weight excluding hydrogens is 148 g/mol. The summed E-state index contributed by atoms with van der Waals surface area (Å²) in [5, 5.41) is 0. The van der Waals surface area contributed by atoms with E-state index < -0.39 is 0 Å². The molecule has 0 aromatic heterocycles. The van der Waals surface area contributed by atoms with Crippen molar-refractivity contribution in [2.75, 3.05) is 33.4 Å². The second kappa shape index (κ2) is 4.94. The molecule has 1 heterocycles. The standard InChI is InChI=1S/C7H16N2.ClH/c1-3-4-9-6-5-8(2)7-9;/h3-7H2,1-2H3;1H. The van der Waals surface area contributed by atoms with Gasteiger partial charge in [0.25, 0.3) is 0 Å². The molecule has 0 bridgehead atoms. The first-order valence-corrected chi connectivity index (χ1v) is 3.74. The molecule has 1 aliphatic heterocycles. The largest absolute Gasteiger partial charge is 0.292 e. The summed E-state index contributed by atoms with van der Waals surface area (Å²) >= 11 is 0. The minimum absolute atomic E-state index is 0. The third kappa shape index (κ3) is 2.86. The van der Waals surface area contributed by atoms with Crippen molar-refractivity contribution in [2.24, 2.45) is 0 Å². The maximum Gasteiger partial charge on any atom is 0.0504 e. The van der Waals surface area contributed by atoms with Crippen molar-refractivity contribution < 1.29 is 0 Å². The molecule has 0 aliphatic carbocycles. The molecule has 2 nitrogen and oxygen atoms in total. The van der Waals surface area contributed by atoms with Crippen LogP contribution in [0.1, 0.15) is 13.3 Å². The fourth-order valence-corrected chi connectivity index (χ4v) is 1.29. The summed E-state index contributed by atoms with van der Waals surface area (Å²) in [6.45, 7) is 7.20. The number of hydrogen-bond acceptors (Lipinski definition) is 2. The van der Waals surface area contributed by atoms with Gasteiger partial charge in [-0.3, -0.25) is 9.80 Å². The summed E-state index contributed by atoms with van der Waals surface area (Å²) in [6.07, 6.45) is 1.29. The summed E-state index contributed by atoms with van der Waals surface area (Å²) < 4.78 is 0. The molecule has 10 heavy (non-hydrogen) atoms. The highest BCUT2D eigenvalue weighted by Gasteiger charge is 2.13. The second-order valence-corrected chi connectivity index (χ2v) is 2.84. The number of hydrogen-bond donors (Lipinski definition) is 0. The Kier molecular flexibility index (Phi) is 5.04. The van der Waals surface area contributed by atoms with Gasteiger partial charge in [0.2, 0.25) is 0 Å². The van der Waals surface area contributed by atoms with Gasteiger partial charge in [0.1, 0.15) is 0 Å². The molecule has 1 aliphatic rings. The van der Waals surface area contributed by atoms with Gasteiger partial charge < -0.3 is 0 Å². The molecule has 0 aromatic carbocycles. The third-order valence-electron chi connectivity index (χ3n) is 1.78. The van der Waals surface area contributed by atoms with E-state index in [9.17, 15) is 0 Å². The molecule has 1 rings (SSSR count). The zero-order valence-corrected chi connectivity index (χ0v) is 7.65. The highest BCUT2D eigenvalue weighted by molar-refractivity contribution is 5.85. The van der Waals surface area contributed by atoms with Gasteiger partial charge in [0.15, 0.2) is 0 Å². The summed E-state index contributed by atoms with van der Waals surface area (Å²) in [4.78, 5) is 4.84. The maximum absolute atomic E-state index is 2.49. The van der Waals surface area contributed by atoms with Gasteiger partial charge in [0.05, 0.1) is 6.67 Å². The van der Waals surface area contributed by atoms with E-state index in [0.717, 1.165) is 0 Å². The fraction of sp³-hybridized carbons (Fsp3) is 1.00. The third-order valence-corrected chi connectivity index (χ3v) is 1.78. The van der Waals surface area contributed by atoms with Crippen LogP contribution in [-0.4, -0.2) is 43.2 Å². The Labute approximate surface area is 69.6 Å². The molecule has 1 saturated heterocycles. The monoisotopic (exact) mass is 164 g/mol. The Bertz CT molecular complexity index is 85.7. The predicted molar refractivity (Wildman–Crippen MR) is 46.6 cm³/mol. The van der Waals surface area contributed by atoms with E-state index >= 15 is 0 Å². The van der Waals surface area contributed by atoms with Crippen LogP contribution in [0.2, 0.25) is 0 Å². The lowest BCUT2D eigenvalue weighted by Gasteiger charge is -2.12. The first-order chi connectivity index (χ1) is 4.33. The van der Waals surface area contributed by atoms with E-state index in [1.807, 2.05) is 0 Å². The lowest BCUT2D eigenvalue weighted by atomic mass is 10.4. The Morgan fingerprint density at radius 2 is 2.00 bits per heavy atom. The Hall–Kier alpha value is 0.210. The van der Waals surface area contributed by atoms with E-state index in [0.29, 0.717) is 0 Å². The van der Waals surface area contributed by atoms with Gasteiger partial charge in [-0.2, -0.15) is 0 Å². The quantitative estimate of drug-likeness (QED) is 0.602. The van der Waals surface area contributed by atoms with Gasteiger partial charge in [0, 0.05) is 13.1 Å². The average molecular weight is 165 g/mol. The molecule has 0 saturated carbocycles. The molecule has 0 radical (unpaired) electrons. The molecule has 0 spiro atoms. The molecule has 3 heteroatoms. The fourth-order valence-electron chi connectivity index (χ4n) is 1.29. The summed E-state index contributed by atoms with van der Waals surface area (Å²) in [5.41, 5.74) is 0. The normalized spacial score (nSPS) is 21.0. The van der Waals surface area contributed by atoms with Gasteiger partial charge >= 0.3 is 0 Å². The molecular formula is C7H17ClN2. The van der Waals surface area contributed by atoms with Gasteiger partial charge in [-0.05, 0) is 20.0 Å². The zero-order valence-electron chi connectivity index (χ0n) is 6.84. The van der Waals surface area contributed by atoms with Crippen molar-refractivity contribution in [3.8, 4) is 0 Å². The number of rotatable bonds is 2. The second-order valence-electron chi connectivity index (χ2n) is 2.84. The van der Waals surface area contributed by atoms with Crippen LogP contribution in [0.4, 0.5) is 0 Å². The first-order valence-electron chi connectivity index (χ1n) is 3.74. The zero-order chi connectivity index (χ0) is 6.69. The SMILES string of the molecule is CCCN1CCN(C)C1.Cl. The van der Waals surface area contributed by atoms with Crippen LogP contribution >= 0.6 is 12.4 Å². The van der Waals surface area contributed by atoms with Crippen LogP contribution in [0.5, 0.6) is 0 Å². The van der Waals surface area contributed by atoms with Crippen LogP contribution in [0.25, 0.3) is 0 Å². The van der Waals surface area contributed by atoms with Crippen molar-refractivity contribution in [1.82, 2.24) is 9.80 Å². The minimum atomic E-state index is 0. The van der Waals surface area contributed by atoms with E-state index in [1.54, 1.807) is 0 Å². The van der Waals surface area contributed by atoms with Crippen LogP contribution < -0.4 is 0 Å². The lowest BCUT2D eigenvalue weighted by molar-refractivity contribution is 0.275. The molecule has 62 valence electrons. The summed E-state index contributed by atoms with van der Waals surface area (Å²) in [6, 6.07) is 0. The van der Waals surface area contributed by atoms with Crippen molar-refractivity contribution in [1.29, 1.82) is 0 Å². The molecule has 0 unspecified atom stereocenters. The van der Waals surface area contributed by atoms with Crippen LogP contribution in [0.3, 0.4) is 0 Å². The average Bonchev–Trinajstić information content (AvgIpc) is 2.17. The molecule has 0 N–H and O–H groups in total. The topological polar surface area (TPSA) is 6.48 Å². The van der Waals surface area contributed by atoms with E-state index in [1.165, 1.54) is 32.7 Å². The smallest absolute Gasteiger partial charge is 0.0504 e. The summed E-state index contributed by atoms with van der Waals surface area (Å²) in [5.74, 6) is 0. The Balaban J connectivity index is 0.000000810. The minimum Gasteiger partial charge on any atom is -0.292 e. The molecule has 1 fully saturated rings. The lowest BCUT2D eigenvalue weighted by Crippen LogP contribution is -2.23. The Morgan fingerprint density at radius 3 is 2.40 bits per heavy atom. The number of nitrogens with zero attached hydrogens (tertiary/aromatic N) is 2. The predicted octanol–water partition coefficient (Wildman–Crippen LogP) is 1.02. The van der Waals surface area contributed by atoms with Gasteiger partial charge in [-0.25, -0.2) is 0 Å². The van der Waals surface area contributed by atoms with Crippen molar-refractivity contribution in [2.45, 2.75) is 13.3 Å². The van der Waals surface area contributed by atoms with Crippen molar-refractivity contribution in [3.63, 3.8) is 0 Å². The maximum atomic E-state index is 2.49.